The minimum Gasteiger partial charge on any atom is -0.494 e. The van der Waals surface area contributed by atoms with Crippen molar-refractivity contribution < 1.29 is 19.1 Å². The molecule has 3 aliphatic rings. The van der Waals surface area contributed by atoms with Gasteiger partial charge in [0.15, 0.2) is 5.78 Å². The summed E-state index contributed by atoms with van der Waals surface area (Å²) in [6.45, 7) is 2.72. The van der Waals surface area contributed by atoms with E-state index in [9.17, 15) is 14.4 Å². The lowest BCUT2D eigenvalue weighted by Crippen LogP contribution is -2.48. The molecule has 0 N–H and O–H groups in total. The highest BCUT2D eigenvalue weighted by atomic mass is 79.9. The molecule has 6 rings (SSSR count). The normalized spacial score (nSPS) is 23.3. The minimum atomic E-state index is -0.796. The number of rotatable bonds is 7. The molecule has 7 heteroatoms. The molecule has 38 heavy (non-hydrogen) atoms. The maximum Gasteiger partial charge on any atom is 0.240 e. The van der Waals surface area contributed by atoms with Crippen molar-refractivity contribution >= 4 is 51.0 Å². The van der Waals surface area contributed by atoms with Gasteiger partial charge in [0.2, 0.25) is 11.8 Å². The standard InChI is InChI=1S/C31H27BrN2O4/c1-2-3-18-38-23-15-13-22(14-16-23)33-30(36)26-25-17-10-19-6-4-5-7-24(19)34(25)28(27(26)31(33)37)29(35)20-8-11-21(32)12-9-20/h4-17,25-28H,2-3,18H2,1H3/t25-,26+,27+,28+/m1/s1. The summed E-state index contributed by atoms with van der Waals surface area (Å²) in [5.41, 5.74) is 2.84. The van der Waals surface area contributed by atoms with Crippen molar-refractivity contribution in [3.05, 3.63) is 94.5 Å². The van der Waals surface area contributed by atoms with Crippen LogP contribution in [-0.2, 0) is 9.59 Å². The monoisotopic (exact) mass is 570 g/mol. The molecule has 0 radical (unpaired) electrons. The van der Waals surface area contributed by atoms with E-state index >= 15 is 0 Å². The van der Waals surface area contributed by atoms with E-state index in [1.54, 1.807) is 36.4 Å². The van der Waals surface area contributed by atoms with Crippen LogP contribution < -0.4 is 14.5 Å². The molecule has 4 atom stereocenters. The summed E-state index contributed by atoms with van der Waals surface area (Å²) >= 11 is 3.43. The number of hydrogen-bond donors (Lipinski definition) is 0. The van der Waals surface area contributed by atoms with E-state index in [2.05, 4.69) is 22.9 Å². The van der Waals surface area contributed by atoms with E-state index in [0.29, 0.717) is 23.6 Å². The fourth-order valence-corrected chi connectivity index (χ4v) is 6.14. The number of imide groups is 1. The first-order valence-corrected chi connectivity index (χ1v) is 13.7. The Labute approximate surface area is 230 Å². The summed E-state index contributed by atoms with van der Waals surface area (Å²) in [6.07, 6.45) is 5.95. The molecule has 3 aliphatic heterocycles. The second-order valence-corrected chi connectivity index (χ2v) is 10.8. The van der Waals surface area contributed by atoms with Crippen molar-refractivity contribution in [2.24, 2.45) is 11.8 Å². The fourth-order valence-electron chi connectivity index (χ4n) is 5.88. The first-order valence-electron chi connectivity index (χ1n) is 13.0. The number of carbonyl (C=O) groups excluding carboxylic acids is 3. The van der Waals surface area contributed by atoms with Gasteiger partial charge in [0.1, 0.15) is 11.8 Å². The molecule has 0 saturated carbocycles. The van der Waals surface area contributed by atoms with Crippen LogP contribution in [0.15, 0.2) is 83.3 Å². The van der Waals surface area contributed by atoms with E-state index in [1.165, 1.54) is 4.90 Å². The highest BCUT2D eigenvalue weighted by molar-refractivity contribution is 9.10. The van der Waals surface area contributed by atoms with Gasteiger partial charge in [0.25, 0.3) is 0 Å². The van der Waals surface area contributed by atoms with Crippen LogP contribution in [0.25, 0.3) is 6.08 Å². The van der Waals surface area contributed by atoms with E-state index in [4.69, 9.17) is 4.74 Å². The summed E-state index contributed by atoms with van der Waals surface area (Å²) in [4.78, 5) is 45.2. The second kappa shape index (κ2) is 9.87. The number of fused-ring (bicyclic) bond motifs is 5. The number of unbranched alkanes of at least 4 members (excludes halogenated alkanes) is 1. The highest BCUT2D eigenvalue weighted by Gasteiger charge is 2.64. The van der Waals surface area contributed by atoms with Crippen molar-refractivity contribution in [1.82, 2.24) is 0 Å². The largest absolute Gasteiger partial charge is 0.494 e. The van der Waals surface area contributed by atoms with Crippen LogP contribution in [0.2, 0.25) is 0 Å². The average molecular weight is 571 g/mol. The summed E-state index contributed by atoms with van der Waals surface area (Å²) in [6, 6.07) is 20.8. The Morgan fingerprint density at radius 1 is 0.921 bits per heavy atom. The summed E-state index contributed by atoms with van der Waals surface area (Å²) in [7, 11) is 0. The maximum absolute atomic E-state index is 14.1. The van der Waals surface area contributed by atoms with Crippen LogP contribution in [0.3, 0.4) is 0 Å². The lowest BCUT2D eigenvalue weighted by atomic mass is 9.86. The van der Waals surface area contributed by atoms with Crippen LogP contribution in [0.5, 0.6) is 5.75 Å². The predicted molar refractivity (Wildman–Crippen MR) is 150 cm³/mol. The highest BCUT2D eigenvalue weighted by Crippen LogP contribution is 2.49. The first kappa shape index (κ1) is 24.6. The molecule has 2 amide bonds. The SMILES string of the molecule is CCCCOc1ccc(N2C(=O)[C@@H]3[C@H](C2=O)[C@@H](C(=O)c2ccc(Br)cc2)N2c4ccccc4C=C[C@H]32)cc1. The Kier molecular flexibility index (Phi) is 6.40. The minimum absolute atomic E-state index is 0.164. The van der Waals surface area contributed by atoms with Gasteiger partial charge in [-0.1, -0.05) is 71.8 Å². The number of halogens is 1. The molecule has 3 aromatic carbocycles. The Bertz CT molecular complexity index is 1430. The quantitative estimate of drug-likeness (QED) is 0.201. The van der Waals surface area contributed by atoms with Crippen molar-refractivity contribution in [1.29, 1.82) is 0 Å². The molecule has 6 nitrogen and oxygen atoms in total. The molecule has 3 aromatic rings. The van der Waals surface area contributed by atoms with Gasteiger partial charge in [-0.05, 0) is 54.4 Å². The topological polar surface area (TPSA) is 66.9 Å². The molecular weight excluding hydrogens is 544 g/mol. The van der Waals surface area contributed by atoms with Gasteiger partial charge >= 0.3 is 0 Å². The zero-order chi connectivity index (χ0) is 26.4. The summed E-state index contributed by atoms with van der Waals surface area (Å²) in [5, 5.41) is 0. The number of amides is 2. The van der Waals surface area contributed by atoms with Gasteiger partial charge in [-0.25, -0.2) is 4.90 Å². The van der Waals surface area contributed by atoms with E-state index in [1.807, 2.05) is 53.5 Å². The van der Waals surface area contributed by atoms with Crippen molar-refractivity contribution in [2.75, 3.05) is 16.4 Å². The van der Waals surface area contributed by atoms with E-state index in [-0.39, 0.29) is 17.6 Å². The molecular formula is C31H27BrN2O4. The molecule has 2 fully saturated rings. The van der Waals surface area contributed by atoms with Crippen LogP contribution in [0.4, 0.5) is 11.4 Å². The fraction of sp³-hybridized carbons (Fsp3) is 0.258. The van der Waals surface area contributed by atoms with Crippen molar-refractivity contribution in [2.45, 2.75) is 31.8 Å². The molecule has 0 spiro atoms. The van der Waals surface area contributed by atoms with Crippen molar-refractivity contribution in [3.8, 4) is 5.75 Å². The third kappa shape index (κ3) is 3.97. The zero-order valence-electron chi connectivity index (χ0n) is 20.9. The second-order valence-electron chi connectivity index (χ2n) is 9.89. The number of anilines is 2. The zero-order valence-corrected chi connectivity index (χ0v) is 22.5. The van der Waals surface area contributed by atoms with Gasteiger partial charge in [-0.15, -0.1) is 0 Å². The molecule has 0 bridgehead atoms. The Morgan fingerprint density at radius 3 is 2.37 bits per heavy atom. The number of benzene rings is 3. The summed E-state index contributed by atoms with van der Waals surface area (Å²) < 4.78 is 6.61. The third-order valence-electron chi connectivity index (χ3n) is 7.67. The molecule has 0 aromatic heterocycles. The molecule has 0 unspecified atom stereocenters. The summed E-state index contributed by atoms with van der Waals surface area (Å²) in [5.74, 6) is -1.53. The van der Waals surface area contributed by atoms with Crippen LogP contribution in [-0.4, -0.2) is 36.3 Å². The van der Waals surface area contributed by atoms with Gasteiger partial charge < -0.3 is 9.64 Å². The Morgan fingerprint density at radius 2 is 1.63 bits per heavy atom. The van der Waals surface area contributed by atoms with Gasteiger partial charge in [-0.2, -0.15) is 0 Å². The maximum atomic E-state index is 14.1. The third-order valence-corrected chi connectivity index (χ3v) is 8.20. The number of hydrogen-bond acceptors (Lipinski definition) is 5. The number of para-hydroxylation sites is 1. The first-order chi connectivity index (χ1) is 18.5. The predicted octanol–water partition coefficient (Wildman–Crippen LogP) is 5.90. The van der Waals surface area contributed by atoms with Crippen LogP contribution in [0, 0.1) is 11.8 Å². The van der Waals surface area contributed by atoms with Crippen LogP contribution >= 0.6 is 15.9 Å². The molecule has 2 saturated heterocycles. The van der Waals surface area contributed by atoms with Crippen molar-refractivity contribution in [3.63, 3.8) is 0 Å². The number of ether oxygens (including phenoxy) is 1. The van der Waals surface area contributed by atoms with Gasteiger partial charge in [0.05, 0.1) is 30.2 Å². The number of Topliss-reactive ketones (excluding diaryl/α,β-unsaturated/α-hetero) is 1. The van der Waals surface area contributed by atoms with Gasteiger partial charge in [-0.3, -0.25) is 14.4 Å². The van der Waals surface area contributed by atoms with E-state index in [0.717, 1.165) is 28.6 Å². The van der Waals surface area contributed by atoms with E-state index < -0.39 is 23.9 Å². The Hall–Kier alpha value is -3.71. The smallest absolute Gasteiger partial charge is 0.240 e. The Balaban J connectivity index is 1.38. The lowest BCUT2D eigenvalue weighted by Gasteiger charge is -2.36. The molecule has 0 aliphatic carbocycles. The average Bonchev–Trinajstić information content (AvgIpc) is 3.42. The van der Waals surface area contributed by atoms with Gasteiger partial charge in [0, 0.05) is 15.7 Å². The number of carbonyl (C=O) groups is 3. The molecule has 3 heterocycles. The van der Waals surface area contributed by atoms with Crippen LogP contribution in [0.1, 0.15) is 35.7 Å². The number of ketones is 1. The molecule has 192 valence electrons. The lowest BCUT2D eigenvalue weighted by molar-refractivity contribution is -0.122. The number of nitrogens with zero attached hydrogens (tertiary/aromatic N) is 2.